The summed E-state index contributed by atoms with van der Waals surface area (Å²) in [5.74, 6) is 0.0940. The van der Waals surface area contributed by atoms with Gasteiger partial charge in [0.1, 0.15) is 6.67 Å². The van der Waals surface area contributed by atoms with Gasteiger partial charge >= 0.3 is 0 Å². The molecule has 172 valence electrons. The normalized spacial score (nSPS) is 17.0. The highest BCUT2D eigenvalue weighted by Crippen LogP contribution is 2.24. The zero-order valence-electron chi connectivity index (χ0n) is 18.7. The number of piperidine rings is 1. The van der Waals surface area contributed by atoms with Crippen LogP contribution in [0.2, 0.25) is 0 Å². The number of halogens is 1. The average Bonchev–Trinajstić information content (AvgIpc) is 2.79. The van der Waals surface area contributed by atoms with Gasteiger partial charge in [0, 0.05) is 29.9 Å². The molecule has 8 heteroatoms. The summed E-state index contributed by atoms with van der Waals surface area (Å²) in [6.45, 7) is 5.60. The Balaban J connectivity index is 1.65. The molecule has 2 aromatic heterocycles. The van der Waals surface area contributed by atoms with Crippen molar-refractivity contribution in [3.05, 3.63) is 63.7 Å². The number of hydrogen-bond acceptors (Lipinski definition) is 6. The Morgan fingerprint density at radius 1 is 1.38 bits per heavy atom. The van der Waals surface area contributed by atoms with E-state index < -0.39 is 6.67 Å². The molecule has 7 nitrogen and oxygen atoms in total. The van der Waals surface area contributed by atoms with Crippen LogP contribution in [0.4, 0.5) is 4.39 Å². The molecule has 0 atom stereocenters. The van der Waals surface area contributed by atoms with Gasteiger partial charge in [0.25, 0.3) is 5.56 Å². The number of alkyl halides is 1. The van der Waals surface area contributed by atoms with Gasteiger partial charge in [-0.05, 0) is 63.4 Å². The van der Waals surface area contributed by atoms with E-state index in [0.717, 1.165) is 44.5 Å². The molecule has 1 aliphatic rings. The maximum absolute atomic E-state index is 12.9. The third-order valence-electron chi connectivity index (χ3n) is 6.00. The number of likely N-dealkylation sites (tertiary alicyclic amines) is 1. The molecule has 2 N–H and O–H groups in total. The van der Waals surface area contributed by atoms with Crippen LogP contribution in [-0.4, -0.2) is 56.6 Å². The summed E-state index contributed by atoms with van der Waals surface area (Å²) < 4.78 is 14.0. The molecule has 0 aliphatic carbocycles. The molecule has 1 fully saturated rings. The van der Waals surface area contributed by atoms with E-state index in [9.17, 15) is 19.5 Å². The van der Waals surface area contributed by atoms with Gasteiger partial charge in [0.2, 0.25) is 0 Å². The van der Waals surface area contributed by atoms with E-state index >= 15 is 0 Å². The Morgan fingerprint density at radius 2 is 2.12 bits per heavy atom. The SMILES string of the molecule is CC/C=C(\C=C/CF)C(=N\O)/C1CCN(CCc2c(C)nc3c(O)cccn3c2=O)CC1. The minimum atomic E-state index is -0.555. The molecule has 1 aliphatic heterocycles. The summed E-state index contributed by atoms with van der Waals surface area (Å²) in [6, 6.07) is 3.14. The molecular weight excluding hydrogens is 411 g/mol. The number of nitrogens with zero attached hydrogens (tertiary/aromatic N) is 4. The molecule has 0 unspecified atom stereocenters. The first-order valence-electron chi connectivity index (χ1n) is 11.1. The van der Waals surface area contributed by atoms with Crippen molar-refractivity contribution in [1.82, 2.24) is 14.3 Å². The summed E-state index contributed by atoms with van der Waals surface area (Å²) >= 11 is 0. The van der Waals surface area contributed by atoms with Crippen LogP contribution in [0.15, 0.2) is 52.1 Å². The number of allylic oxidation sites excluding steroid dienone is 4. The molecule has 2 aromatic rings. The van der Waals surface area contributed by atoms with Crippen LogP contribution in [0, 0.1) is 12.8 Å². The number of pyridine rings is 1. The smallest absolute Gasteiger partial charge is 0.261 e. The first kappa shape index (κ1) is 23.7. The average molecular weight is 443 g/mol. The number of fused-ring (bicyclic) bond motifs is 1. The van der Waals surface area contributed by atoms with Crippen LogP contribution >= 0.6 is 0 Å². The quantitative estimate of drug-likeness (QED) is 0.282. The van der Waals surface area contributed by atoms with E-state index in [2.05, 4.69) is 15.0 Å². The van der Waals surface area contributed by atoms with Crippen LogP contribution in [0.3, 0.4) is 0 Å². The second-order valence-corrected chi connectivity index (χ2v) is 8.04. The highest BCUT2D eigenvalue weighted by molar-refractivity contribution is 6.03. The molecule has 3 rings (SSSR count). The van der Waals surface area contributed by atoms with Gasteiger partial charge in [0.05, 0.1) is 5.71 Å². The van der Waals surface area contributed by atoms with Crippen LogP contribution in [0.25, 0.3) is 5.65 Å². The minimum Gasteiger partial charge on any atom is -0.504 e. The number of hydrogen-bond donors (Lipinski definition) is 2. The minimum absolute atomic E-state index is 0.0134. The van der Waals surface area contributed by atoms with Crippen molar-refractivity contribution >= 4 is 11.4 Å². The summed E-state index contributed by atoms with van der Waals surface area (Å²) in [5.41, 5.74) is 2.80. The molecule has 0 radical (unpaired) electrons. The standard InChI is InChI=1S/C24H31FN4O3/c1-3-6-18(7-4-12-25)22(27-32)19-9-14-28(15-10-19)16-11-20-17(2)26-23-21(30)8-5-13-29(23)24(20)31/h4-8,13,19,30,32H,3,9-12,14-16H2,1-2H3/b7-4-,18-6+,27-22+. The zero-order chi connectivity index (χ0) is 23.1. The molecule has 0 amide bonds. The monoisotopic (exact) mass is 442 g/mol. The topological polar surface area (TPSA) is 90.4 Å². The Kier molecular flexibility index (Phi) is 8.16. The second-order valence-electron chi connectivity index (χ2n) is 8.04. The summed E-state index contributed by atoms with van der Waals surface area (Å²) in [4.78, 5) is 19.6. The van der Waals surface area contributed by atoms with Crippen molar-refractivity contribution in [2.75, 3.05) is 26.3 Å². The first-order valence-corrected chi connectivity index (χ1v) is 11.1. The lowest BCUT2D eigenvalue weighted by atomic mass is 9.87. The van der Waals surface area contributed by atoms with E-state index in [1.54, 1.807) is 25.3 Å². The predicted octanol–water partition coefficient (Wildman–Crippen LogP) is 3.66. The fraction of sp³-hybridized carbons (Fsp3) is 0.458. The maximum Gasteiger partial charge on any atom is 0.261 e. The Labute approximate surface area is 187 Å². The highest BCUT2D eigenvalue weighted by Gasteiger charge is 2.25. The van der Waals surface area contributed by atoms with Gasteiger partial charge in [-0.3, -0.25) is 9.20 Å². The number of oxime groups is 1. The Hall–Kier alpha value is -3.00. The number of aryl methyl sites for hydroxylation is 1. The highest BCUT2D eigenvalue weighted by atomic mass is 19.1. The first-order chi connectivity index (χ1) is 15.5. The van der Waals surface area contributed by atoms with Crippen molar-refractivity contribution in [2.45, 2.75) is 39.5 Å². The van der Waals surface area contributed by atoms with Gasteiger partial charge < -0.3 is 15.2 Å². The van der Waals surface area contributed by atoms with Crippen LogP contribution in [0.5, 0.6) is 5.75 Å². The largest absolute Gasteiger partial charge is 0.504 e. The zero-order valence-corrected chi connectivity index (χ0v) is 18.7. The van der Waals surface area contributed by atoms with Gasteiger partial charge in [-0.1, -0.05) is 30.3 Å². The van der Waals surface area contributed by atoms with Gasteiger partial charge in [0.15, 0.2) is 11.4 Å². The third kappa shape index (κ3) is 5.24. The van der Waals surface area contributed by atoms with E-state index in [0.29, 0.717) is 23.4 Å². The lowest BCUT2D eigenvalue weighted by molar-refractivity contribution is 0.208. The molecule has 0 spiro atoms. The number of aromatic nitrogens is 2. The molecule has 1 saturated heterocycles. The summed E-state index contributed by atoms with van der Waals surface area (Å²) in [6.07, 6.45) is 9.68. The summed E-state index contributed by atoms with van der Waals surface area (Å²) in [7, 11) is 0. The van der Waals surface area contributed by atoms with Gasteiger partial charge in [-0.2, -0.15) is 0 Å². The molecule has 0 bridgehead atoms. The van der Waals surface area contributed by atoms with Crippen LogP contribution in [0.1, 0.15) is 37.4 Å². The van der Waals surface area contributed by atoms with Crippen LogP contribution in [-0.2, 0) is 6.42 Å². The molecule has 3 heterocycles. The fourth-order valence-electron chi connectivity index (χ4n) is 4.30. The van der Waals surface area contributed by atoms with Crippen molar-refractivity contribution in [3.8, 4) is 5.75 Å². The Bertz CT molecular complexity index is 1080. The number of aromatic hydroxyl groups is 1. The molecule has 32 heavy (non-hydrogen) atoms. The molecular formula is C24H31FN4O3. The molecule has 0 aromatic carbocycles. The third-order valence-corrected chi connectivity index (χ3v) is 6.00. The van der Waals surface area contributed by atoms with Gasteiger partial charge in [-0.15, -0.1) is 0 Å². The van der Waals surface area contributed by atoms with Gasteiger partial charge in [-0.25, -0.2) is 9.37 Å². The van der Waals surface area contributed by atoms with E-state index in [1.165, 1.54) is 16.5 Å². The maximum atomic E-state index is 12.9. The van der Waals surface area contributed by atoms with E-state index in [1.807, 2.05) is 13.0 Å². The van der Waals surface area contributed by atoms with E-state index in [4.69, 9.17) is 0 Å². The number of rotatable bonds is 8. The van der Waals surface area contributed by atoms with Crippen molar-refractivity contribution < 1.29 is 14.7 Å². The molecule has 0 saturated carbocycles. The summed E-state index contributed by atoms with van der Waals surface area (Å²) in [5, 5.41) is 23.1. The van der Waals surface area contributed by atoms with Crippen LogP contribution < -0.4 is 5.56 Å². The lowest BCUT2D eigenvalue weighted by Gasteiger charge is -2.32. The van der Waals surface area contributed by atoms with E-state index in [-0.39, 0.29) is 22.9 Å². The van der Waals surface area contributed by atoms with Crippen molar-refractivity contribution in [2.24, 2.45) is 11.1 Å². The van der Waals surface area contributed by atoms with Crippen molar-refractivity contribution in [1.29, 1.82) is 0 Å². The fourth-order valence-corrected chi connectivity index (χ4v) is 4.30. The Morgan fingerprint density at radius 3 is 2.78 bits per heavy atom. The predicted molar refractivity (Wildman–Crippen MR) is 123 cm³/mol. The lowest BCUT2D eigenvalue weighted by Crippen LogP contribution is -2.38. The second kappa shape index (κ2) is 11.0. The van der Waals surface area contributed by atoms with Crippen molar-refractivity contribution in [3.63, 3.8) is 0 Å².